The van der Waals surface area contributed by atoms with Crippen molar-refractivity contribution >= 4 is 40.8 Å². The fourth-order valence-corrected chi connectivity index (χ4v) is 2.83. The smallest absolute Gasteiger partial charge is 0.307 e. The number of nitrogens with zero attached hydrogens (tertiary/aromatic N) is 1. The number of hydrogen-bond acceptors (Lipinski definition) is 4. The van der Waals surface area contributed by atoms with Crippen LogP contribution in [0.5, 0.6) is 0 Å². The number of nitrogens with one attached hydrogen (secondary N) is 1. The number of aliphatic carboxylic acids is 1. The average molecular weight is 359 g/mol. The van der Waals surface area contributed by atoms with Crippen LogP contribution >= 0.6 is 11.6 Å². The van der Waals surface area contributed by atoms with Gasteiger partial charge in [-0.2, -0.15) is 0 Å². The number of carboxylic acids is 1. The predicted molar refractivity (Wildman–Crippen MR) is 93.8 cm³/mol. The van der Waals surface area contributed by atoms with Crippen LogP contribution in [0.4, 0.5) is 11.4 Å². The number of anilines is 2. The minimum atomic E-state index is -0.907. The summed E-state index contributed by atoms with van der Waals surface area (Å²) in [6.45, 7) is 0. The van der Waals surface area contributed by atoms with E-state index in [2.05, 4.69) is 5.32 Å². The minimum Gasteiger partial charge on any atom is -0.481 e. The molecule has 0 radical (unpaired) electrons. The van der Waals surface area contributed by atoms with Gasteiger partial charge in [-0.15, -0.1) is 0 Å². The normalized spacial score (nSPS) is 17.0. The van der Waals surface area contributed by atoms with E-state index in [0.29, 0.717) is 22.0 Å². The molecule has 6 nitrogen and oxygen atoms in total. The van der Waals surface area contributed by atoms with E-state index < -0.39 is 12.0 Å². The molecule has 7 heteroatoms. The second-order valence-electron chi connectivity index (χ2n) is 5.71. The van der Waals surface area contributed by atoms with E-state index in [4.69, 9.17) is 16.7 Å². The molecule has 1 fully saturated rings. The van der Waals surface area contributed by atoms with Crippen LogP contribution in [0.15, 0.2) is 48.5 Å². The van der Waals surface area contributed by atoms with Crippen molar-refractivity contribution in [3.63, 3.8) is 0 Å². The first-order valence-electron chi connectivity index (χ1n) is 7.63. The van der Waals surface area contributed by atoms with Crippen LogP contribution in [0.25, 0.3) is 0 Å². The molecule has 2 N–H and O–H groups in total. The predicted octanol–water partition coefficient (Wildman–Crippen LogP) is 2.71. The van der Waals surface area contributed by atoms with Gasteiger partial charge in [-0.25, -0.2) is 4.90 Å². The first-order valence-corrected chi connectivity index (χ1v) is 8.01. The molecule has 0 bridgehead atoms. The highest BCUT2D eigenvalue weighted by molar-refractivity contribution is 6.30. The van der Waals surface area contributed by atoms with Gasteiger partial charge in [0.1, 0.15) is 6.04 Å². The lowest BCUT2D eigenvalue weighted by Crippen LogP contribution is -2.34. The first kappa shape index (κ1) is 17.0. The summed E-state index contributed by atoms with van der Waals surface area (Å²) in [6, 6.07) is 12.6. The molecule has 25 heavy (non-hydrogen) atoms. The molecule has 0 saturated carbocycles. The van der Waals surface area contributed by atoms with Crippen molar-refractivity contribution in [3.8, 4) is 0 Å². The van der Waals surface area contributed by atoms with Gasteiger partial charge in [-0.1, -0.05) is 23.7 Å². The van der Waals surface area contributed by atoms with Gasteiger partial charge in [0.2, 0.25) is 5.91 Å². The second-order valence-corrected chi connectivity index (χ2v) is 6.15. The van der Waals surface area contributed by atoms with Gasteiger partial charge in [-0.05, 0) is 42.0 Å². The van der Waals surface area contributed by atoms with Gasteiger partial charge in [0.15, 0.2) is 0 Å². The highest BCUT2D eigenvalue weighted by Gasteiger charge is 2.39. The average Bonchev–Trinajstić information content (AvgIpc) is 2.84. The summed E-state index contributed by atoms with van der Waals surface area (Å²) in [7, 11) is 0. The standard InChI is InChI=1S/C18H15ClN2O4/c19-12-3-7-14(8-4-12)21-16(22)10-15(18(21)25)20-13-5-1-11(2-6-13)9-17(23)24/h1-8,15,20H,9-10H2,(H,23,24)/t15-/m0/s1. The number of carbonyl (C=O) groups is 3. The number of rotatable bonds is 5. The summed E-state index contributed by atoms with van der Waals surface area (Å²) in [6.07, 6.45) is -0.0101. The lowest BCUT2D eigenvalue weighted by Gasteiger charge is -2.16. The van der Waals surface area contributed by atoms with Crippen LogP contribution in [0.1, 0.15) is 12.0 Å². The molecule has 1 atom stereocenters. The summed E-state index contributed by atoms with van der Waals surface area (Å²) in [5.41, 5.74) is 1.80. The van der Waals surface area contributed by atoms with Gasteiger partial charge in [0, 0.05) is 10.7 Å². The molecular weight excluding hydrogens is 344 g/mol. The summed E-state index contributed by atoms with van der Waals surface area (Å²) in [5.74, 6) is -1.52. The third-order valence-electron chi connectivity index (χ3n) is 3.88. The number of imide groups is 1. The van der Waals surface area contributed by atoms with Crippen LogP contribution < -0.4 is 10.2 Å². The van der Waals surface area contributed by atoms with Crippen molar-refractivity contribution < 1.29 is 19.5 Å². The van der Waals surface area contributed by atoms with Gasteiger partial charge in [-0.3, -0.25) is 14.4 Å². The number of benzene rings is 2. The first-order chi connectivity index (χ1) is 11.9. The Hall–Kier alpha value is -2.86. The largest absolute Gasteiger partial charge is 0.481 e. The maximum absolute atomic E-state index is 12.5. The molecular formula is C18H15ClN2O4. The summed E-state index contributed by atoms with van der Waals surface area (Å²) in [4.78, 5) is 36.6. The molecule has 0 aliphatic carbocycles. The molecule has 2 amide bonds. The number of carboxylic acid groups (broad SMARTS) is 1. The van der Waals surface area contributed by atoms with Crippen LogP contribution in [0.3, 0.4) is 0 Å². The zero-order valence-corrected chi connectivity index (χ0v) is 13.9. The molecule has 2 aromatic rings. The van der Waals surface area contributed by atoms with Crippen molar-refractivity contribution in [2.45, 2.75) is 18.9 Å². The van der Waals surface area contributed by atoms with Crippen LogP contribution in [0.2, 0.25) is 5.02 Å². The number of halogens is 1. The highest BCUT2D eigenvalue weighted by Crippen LogP contribution is 2.26. The van der Waals surface area contributed by atoms with E-state index in [0.717, 1.165) is 4.90 Å². The number of amides is 2. The SMILES string of the molecule is O=C(O)Cc1ccc(N[C@H]2CC(=O)N(c3ccc(Cl)cc3)C2=O)cc1. The fraction of sp³-hybridized carbons (Fsp3) is 0.167. The second kappa shape index (κ2) is 6.94. The van der Waals surface area contributed by atoms with Crippen molar-refractivity contribution in [3.05, 3.63) is 59.1 Å². The third kappa shape index (κ3) is 3.80. The minimum absolute atomic E-state index is 0.0539. The van der Waals surface area contributed by atoms with E-state index >= 15 is 0 Å². The van der Waals surface area contributed by atoms with Crippen LogP contribution in [-0.4, -0.2) is 28.9 Å². The molecule has 1 heterocycles. The highest BCUT2D eigenvalue weighted by atomic mass is 35.5. The molecule has 0 aromatic heterocycles. The quantitative estimate of drug-likeness (QED) is 0.802. The Morgan fingerprint density at radius 1 is 1.12 bits per heavy atom. The summed E-state index contributed by atoms with van der Waals surface area (Å²) >= 11 is 5.83. The topological polar surface area (TPSA) is 86.7 Å². The zero-order chi connectivity index (χ0) is 18.0. The Balaban J connectivity index is 1.71. The van der Waals surface area contributed by atoms with E-state index in [1.165, 1.54) is 0 Å². The Kier molecular flexibility index (Phi) is 4.72. The van der Waals surface area contributed by atoms with E-state index in [-0.39, 0.29) is 24.7 Å². The Morgan fingerprint density at radius 3 is 2.36 bits per heavy atom. The third-order valence-corrected chi connectivity index (χ3v) is 4.13. The maximum atomic E-state index is 12.5. The van der Waals surface area contributed by atoms with Crippen LogP contribution in [-0.2, 0) is 20.8 Å². The van der Waals surface area contributed by atoms with Crippen molar-refractivity contribution in [2.75, 3.05) is 10.2 Å². The summed E-state index contributed by atoms with van der Waals surface area (Å²) in [5, 5.41) is 12.3. The lowest BCUT2D eigenvalue weighted by atomic mass is 10.1. The molecule has 0 unspecified atom stereocenters. The van der Waals surface area contributed by atoms with Crippen molar-refractivity contribution in [1.29, 1.82) is 0 Å². The van der Waals surface area contributed by atoms with Crippen molar-refractivity contribution in [1.82, 2.24) is 0 Å². The van der Waals surface area contributed by atoms with Gasteiger partial charge >= 0.3 is 5.97 Å². The molecule has 2 aromatic carbocycles. The van der Waals surface area contributed by atoms with E-state index in [1.54, 1.807) is 48.5 Å². The molecule has 1 saturated heterocycles. The van der Waals surface area contributed by atoms with Gasteiger partial charge < -0.3 is 10.4 Å². The molecule has 1 aliphatic heterocycles. The molecule has 128 valence electrons. The number of hydrogen-bond donors (Lipinski definition) is 2. The molecule has 0 spiro atoms. The lowest BCUT2D eigenvalue weighted by molar-refractivity contribution is -0.136. The fourth-order valence-electron chi connectivity index (χ4n) is 2.70. The van der Waals surface area contributed by atoms with Crippen LogP contribution in [0, 0.1) is 0 Å². The van der Waals surface area contributed by atoms with Gasteiger partial charge in [0.25, 0.3) is 5.91 Å². The Morgan fingerprint density at radius 2 is 1.76 bits per heavy atom. The monoisotopic (exact) mass is 358 g/mol. The van der Waals surface area contributed by atoms with E-state index in [1.807, 2.05) is 0 Å². The molecule has 3 rings (SSSR count). The summed E-state index contributed by atoms with van der Waals surface area (Å²) < 4.78 is 0. The maximum Gasteiger partial charge on any atom is 0.307 e. The Labute approximate surface area is 149 Å². The molecule has 1 aliphatic rings. The van der Waals surface area contributed by atoms with Crippen molar-refractivity contribution in [2.24, 2.45) is 0 Å². The number of carbonyl (C=O) groups excluding carboxylic acids is 2. The van der Waals surface area contributed by atoms with E-state index in [9.17, 15) is 14.4 Å². The van der Waals surface area contributed by atoms with Gasteiger partial charge in [0.05, 0.1) is 18.5 Å². The zero-order valence-electron chi connectivity index (χ0n) is 13.1. The Bertz CT molecular complexity index is 818.